The maximum absolute atomic E-state index is 12.6. The molecule has 1 aromatic heterocycles. The molecule has 2 aliphatic heterocycles. The third kappa shape index (κ3) is 4.83. The maximum atomic E-state index is 12.6. The van der Waals surface area contributed by atoms with Crippen LogP contribution in [0.2, 0.25) is 0 Å². The van der Waals surface area contributed by atoms with Crippen LogP contribution in [0.5, 0.6) is 23.0 Å². The van der Waals surface area contributed by atoms with Crippen molar-refractivity contribution in [3.05, 3.63) is 54.6 Å². The summed E-state index contributed by atoms with van der Waals surface area (Å²) in [6.07, 6.45) is 0. The maximum Gasteiger partial charge on any atom is 0.260 e. The summed E-state index contributed by atoms with van der Waals surface area (Å²) in [6.45, 7) is 5.33. The van der Waals surface area contributed by atoms with Gasteiger partial charge in [0.25, 0.3) is 5.91 Å². The minimum atomic E-state index is -0.0364. The number of hydrogen-bond acceptors (Lipinski definition) is 8. The van der Waals surface area contributed by atoms with Gasteiger partial charge in [0, 0.05) is 37.8 Å². The average Bonchev–Trinajstić information content (AvgIpc) is 3.36. The van der Waals surface area contributed by atoms with Crippen molar-refractivity contribution in [3.8, 4) is 34.3 Å². The van der Waals surface area contributed by atoms with Crippen molar-refractivity contribution in [2.45, 2.75) is 6.92 Å². The van der Waals surface area contributed by atoms with Crippen molar-refractivity contribution < 1.29 is 23.7 Å². The van der Waals surface area contributed by atoms with E-state index in [2.05, 4.69) is 15.1 Å². The molecule has 176 valence electrons. The Morgan fingerprint density at radius 2 is 1.71 bits per heavy atom. The van der Waals surface area contributed by atoms with Gasteiger partial charge in [0.15, 0.2) is 23.9 Å². The summed E-state index contributed by atoms with van der Waals surface area (Å²) in [5.74, 6) is 3.56. The first kappa shape index (κ1) is 21.8. The van der Waals surface area contributed by atoms with E-state index in [0.717, 1.165) is 34.3 Å². The summed E-state index contributed by atoms with van der Waals surface area (Å²) in [6, 6.07) is 17.0. The monoisotopic (exact) mass is 462 g/mol. The Bertz CT molecular complexity index is 1150. The smallest absolute Gasteiger partial charge is 0.260 e. The van der Waals surface area contributed by atoms with Crippen LogP contribution >= 0.6 is 0 Å². The lowest BCUT2D eigenvalue weighted by atomic mass is 10.1. The summed E-state index contributed by atoms with van der Waals surface area (Å²) in [5.41, 5.74) is 1.69. The van der Waals surface area contributed by atoms with Crippen LogP contribution in [-0.2, 0) is 4.79 Å². The lowest BCUT2D eigenvalue weighted by molar-refractivity contribution is -0.133. The molecule has 0 aliphatic carbocycles. The molecule has 0 radical (unpaired) electrons. The fourth-order valence-electron chi connectivity index (χ4n) is 3.95. The number of benzene rings is 2. The van der Waals surface area contributed by atoms with Crippen molar-refractivity contribution in [2.24, 2.45) is 0 Å². The largest absolute Gasteiger partial charge is 0.494 e. The van der Waals surface area contributed by atoms with E-state index in [4.69, 9.17) is 18.9 Å². The van der Waals surface area contributed by atoms with Gasteiger partial charge < -0.3 is 28.7 Å². The molecule has 0 unspecified atom stereocenters. The van der Waals surface area contributed by atoms with Gasteiger partial charge in [-0.1, -0.05) is 6.07 Å². The molecule has 2 aliphatic rings. The number of anilines is 1. The molecule has 2 aromatic carbocycles. The number of hydrogen-bond donors (Lipinski definition) is 0. The second-order valence-electron chi connectivity index (χ2n) is 7.91. The molecule has 3 aromatic rings. The zero-order chi connectivity index (χ0) is 23.3. The van der Waals surface area contributed by atoms with Crippen molar-refractivity contribution in [3.63, 3.8) is 0 Å². The number of carbonyl (C=O) groups excluding carboxylic acids is 1. The van der Waals surface area contributed by atoms with Crippen molar-refractivity contribution >= 4 is 11.7 Å². The number of nitrogens with zero attached hydrogens (tertiary/aromatic N) is 4. The van der Waals surface area contributed by atoms with Crippen LogP contribution in [0.15, 0.2) is 54.6 Å². The number of fused-ring (bicyclic) bond motifs is 1. The number of piperazine rings is 1. The Balaban J connectivity index is 1.13. The van der Waals surface area contributed by atoms with E-state index in [-0.39, 0.29) is 19.3 Å². The van der Waals surface area contributed by atoms with E-state index in [0.29, 0.717) is 38.5 Å². The van der Waals surface area contributed by atoms with Crippen LogP contribution in [-0.4, -0.2) is 67.2 Å². The zero-order valence-corrected chi connectivity index (χ0v) is 19.0. The van der Waals surface area contributed by atoms with Gasteiger partial charge in [-0.05, 0) is 49.4 Å². The molecule has 34 heavy (non-hydrogen) atoms. The summed E-state index contributed by atoms with van der Waals surface area (Å²) < 4.78 is 21.9. The Kier molecular flexibility index (Phi) is 6.33. The summed E-state index contributed by atoms with van der Waals surface area (Å²) in [4.78, 5) is 16.6. The quantitative estimate of drug-likeness (QED) is 0.530. The van der Waals surface area contributed by atoms with Crippen LogP contribution in [0.25, 0.3) is 11.3 Å². The number of ether oxygens (including phenoxy) is 4. The summed E-state index contributed by atoms with van der Waals surface area (Å²) in [7, 11) is 0. The second-order valence-corrected chi connectivity index (χ2v) is 7.91. The number of carbonyl (C=O) groups is 1. The summed E-state index contributed by atoms with van der Waals surface area (Å²) in [5, 5.41) is 8.79. The molecule has 0 saturated carbocycles. The molecule has 3 heterocycles. The van der Waals surface area contributed by atoms with Crippen molar-refractivity contribution in [1.29, 1.82) is 0 Å². The molecule has 9 heteroatoms. The Hall–Kier alpha value is -4.01. The minimum absolute atomic E-state index is 0.000384. The van der Waals surface area contributed by atoms with Gasteiger partial charge in [-0.2, -0.15) is 0 Å². The molecule has 0 spiro atoms. The lowest BCUT2D eigenvalue weighted by Crippen LogP contribution is -2.50. The fraction of sp³-hybridized carbons (Fsp3) is 0.320. The molecule has 1 saturated heterocycles. The van der Waals surface area contributed by atoms with E-state index < -0.39 is 0 Å². The van der Waals surface area contributed by atoms with Crippen LogP contribution in [0.3, 0.4) is 0 Å². The fourth-order valence-corrected chi connectivity index (χ4v) is 3.95. The van der Waals surface area contributed by atoms with E-state index in [1.54, 1.807) is 6.07 Å². The average molecular weight is 463 g/mol. The van der Waals surface area contributed by atoms with Crippen molar-refractivity contribution in [1.82, 2.24) is 15.1 Å². The summed E-state index contributed by atoms with van der Waals surface area (Å²) >= 11 is 0. The van der Waals surface area contributed by atoms with Gasteiger partial charge >= 0.3 is 0 Å². The molecular weight excluding hydrogens is 436 g/mol. The van der Waals surface area contributed by atoms with E-state index in [1.165, 1.54) is 0 Å². The number of rotatable bonds is 7. The van der Waals surface area contributed by atoms with Crippen LogP contribution in [0, 0.1) is 0 Å². The Labute approximate surface area is 197 Å². The zero-order valence-electron chi connectivity index (χ0n) is 19.0. The van der Waals surface area contributed by atoms with Crippen molar-refractivity contribution in [2.75, 3.05) is 51.1 Å². The van der Waals surface area contributed by atoms with Gasteiger partial charge in [-0.25, -0.2) is 0 Å². The predicted octanol–water partition coefficient (Wildman–Crippen LogP) is 3.00. The number of amides is 1. The highest BCUT2D eigenvalue weighted by Crippen LogP contribution is 2.35. The molecular formula is C25H26N4O5. The highest BCUT2D eigenvalue weighted by molar-refractivity contribution is 5.78. The lowest BCUT2D eigenvalue weighted by Gasteiger charge is -2.35. The van der Waals surface area contributed by atoms with Crippen LogP contribution in [0.4, 0.5) is 5.82 Å². The molecule has 1 fully saturated rings. The molecule has 1 amide bonds. The van der Waals surface area contributed by atoms with E-state index in [1.807, 2.05) is 60.4 Å². The highest BCUT2D eigenvalue weighted by Gasteiger charge is 2.23. The van der Waals surface area contributed by atoms with Crippen LogP contribution in [0.1, 0.15) is 6.92 Å². The third-order valence-electron chi connectivity index (χ3n) is 5.75. The standard InChI is InChI=1S/C25H26N4O5/c1-2-31-19-4-3-5-20(15-19)32-16-25(30)29-12-10-28(11-13-29)24-9-7-21(26-27-24)18-6-8-22-23(14-18)34-17-33-22/h3-9,14-15H,2,10-13,16-17H2,1H3. The Morgan fingerprint density at radius 1 is 0.912 bits per heavy atom. The van der Waals surface area contributed by atoms with Gasteiger partial charge in [0.05, 0.1) is 12.3 Å². The molecule has 0 N–H and O–H groups in total. The predicted molar refractivity (Wildman–Crippen MR) is 125 cm³/mol. The van der Waals surface area contributed by atoms with E-state index in [9.17, 15) is 4.79 Å². The normalized spacial score (nSPS) is 14.7. The first-order valence-corrected chi connectivity index (χ1v) is 11.3. The van der Waals surface area contributed by atoms with E-state index >= 15 is 0 Å². The first-order chi connectivity index (χ1) is 16.7. The molecule has 5 rings (SSSR count). The van der Waals surface area contributed by atoms with Gasteiger partial charge in [-0.3, -0.25) is 4.79 Å². The second kappa shape index (κ2) is 9.86. The molecule has 0 atom stereocenters. The minimum Gasteiger partial charge on any atom is -0.494 e. The van der Waals surface area contributed by atoms with Gasteiger partial charge in [0.1, 0.15) is 11.5 Å². The van der Waals surface area contributed by atoms with Gasteiger partial charge in [0.2, 0.25) is 6.79 Å². The van der Waals surface area contributed by atoms with Crippen LogP contribution < -0.4 is 23.8 Å². The highest BCUT2D eigenvalue weighted by atomic mass is 16.7. The number of aromatic nitrogens is 2. The SMILES string of the molecule is CCOc1cccc(OCC(=O)N2CCN(c3ccc(-c4ccc5c(c4)OCO5)nn3)CC2)c1. The Morgan fingerprint density at radius 3 is 2.47 bits per heavy atom. The molecule has 0 bridgehead atoms. The third-order valence-corrected chi connectivity index (χ3v) is 5.75. The topological polar surface area (TPSA) is 86.3 Å². The molecule has 9 nitrogen and oxygen atoms in total. The van der Waals surface area contributed by atoms with Gasteiger partial charge in [-0.15, -0.1) is 10.2 Å². The first-order valence-electron chi connectivity index (χ1n) is 11.3.